The molecule has 6 atom stereocenters. The van der Waals surface area contributed by atoms with Crippen LogP contribution in [-0.2, 0) is 0 Å². The largest absolute Gasteiger partial charge is 0.0625 e. The van der Waals surface area contributed by atoms with Crippen LogP contribution in [0, 0.1) is 47.3 Å². The van der Waals surface area contributed by atoms with Crippen LogP contribution in [0.3, 0.4) is 0 Å². The van der Waals surface area contributed by atoms with Crippen molar-refractivity contribution in [2.45, 2.75) is 59.8 Å². The Morgan fingerprint density at radius 1 is 0.588 bits per heavy atom. The number of fused-ring (bicyclic) bond motifs is 3. The summed E-state index contributed by atoms with van der Waals surface area (Å²) in [4.78, 5) is 0. The molecule has 0 amide bonds. The first kappa shape index (κ1) is 12.1. The van der Waals surface area contributed by atoms with E-state index in [1.807, 2.05) is 0 Å². The molecule has 3 aliphatic rings. The summed E-state index contributed by atoms with van der Waals surface area (Å²) in [6.07, 6.45) is 7.90. The molecule has 0 heterocycles. The van der Waals surface area contributed by atoms with Crippen molar-refractivity contribution in [3.63, 3.8) is 0 Å². The molecule has 3 fully saturated rings. The van der Waals surface area contributed by atoms with E-state index in [2.05, 4.69) is 27.7 Å². The Hall–Kier alpha value is 0. The molecule has 0 radical (unpaired) electrons. The van der Waals surface area contributed by atoms with E-state index in [0.717, 1.165) is 47.3 Å². The summed E-state index contributed by atoms with van der Waals surface area (Å²) in [6.45, 7) is 9.76. The normalized spacial score (nSPS) is 49.1. The first-order valence-corrected chi connectivity index (χ1v) is 8.06. The molecule has 17 heavy (non-hydrogen) atoms. The molecule has 6 unspecified atom stereocenters. The smallest absolute Gasteiger partial charge is 0.0352 e. The van der Waals surface area contributed by atoms with Crippen LogP contribution in [0.25, 0.3) is 0 Å². The zero-order chi connectivity index (χ0) is 12.2. The lowest BCUT2D eigenvalue weighted by Gasteiger charge is -2.21. The van der Waals surface area contributed by atoms with Crippen LogP contribution in [0.2, 0.25) is 0 Å². The van der Waals surface area contributed by atoms with E-state index in [0.29, 0.717) is 0 Å². The van der Waals surface area contributed by atoms with Crippen LogP contribution in [0.15, 0.2) is 0 Å². The van der Waals surface area contributed by atoms with Gasteiger partial charge in [-0.1, -0.05) is 27.7 Å². The lowest BCUT2D eigenvalue weighted by Crippen LogP contribution is -2.13. The summed E-state index contributed by atoms with van der Waals surface area (Å²) >= 11 is 0. The summed E-state index contributed by atoms with van der Waals surface area (Å²) < 4.78 is 0. The van der Waals surface area contributed by atoms with Gasteiger partial charge in [0.2, 0.25) is 0 Å². The third kappa shape index (κ3) is 1.96. The van der Waals surface area contributed by atoms with Crippen molar-refractivity contribution in [1.82, 2.24) is 0 Å². The standard InChI is InChI=1S/C17H30/c1-10(2)12-5-14-7-15-6-13(11(3)4)9-17(15)16(14)8-12/h10-17H,5-9H2,1-4H3. The third-order valence-corrected chi connectivity index (χ3v) is 6.61. The van der Waals surface area contributed by atoms with Gasteiger partial charge in [-0.2, -0.15) is 0 Å². The van der Waals surface area contributed by atoms with E-state index >= 15 is 0 Å². The molecular weight excluding hydrogens is 204 g/mol. The van der Waals surface area contributed by atoms with E-state index in [1.165, 1.54) is 0 Å². The zero-order valence-corrected chi connectivity index (χ0v) is 12.2. The summed E-state index contributed by atoms with van der Waals surface area (Å²) in [6, 6.07) is 0. The van der Waals surface area contributed by atoms with Gasteiger partial charge in [0.1, 0.15) is 0 Å². The lowest BCUT2D eigenvalue weighted by molar-refractivity contribution is 0.287. The minimum Gasteiger partial charge on any atom is -0.0625 e. The molecule has 0 aromatic heterocycles. The molecule has 0 N–H and O–H groups in total. The topological polar surface area (TPSA) is 0 Å². The molecule has 3 rings (SSSR count). The summed E-state index contributed by atoms with van der Waals surface area (Å²) in [5.41, 5.74) is 0. The second kappa shape index (κ2) is 4.28. The van der Waals surface area contributed by atoms with Gasteiger partial charge in [-0.15, -0.1) is 0 Å². The SMILES string of the molecule is CC(C)C1CC2CC3CC(C(C)C)CC3C2C1. The van der Waals surface area contributed by atoms with Crippen LogP contribution in [0.5, 0.6) is 0 Å². The molecule has 0 aromatic carbocycles. The van der Waals surface area contributed by atoms with Crippen molar-refractivity contribution in [1.29, 1.82) is 0 Å². The van der Waals surface area contributed by atoms with Gasteiger partial charge in [0.25, 0.3) is 0 Å². The number of hydrogen-bond donors (Lipinski definition) is 0. The predicted molar refractivity (Wildman–Crippen MR) is 73.7 cm³/mol. The molecule has 3 saturated carbocycles. The van der Waals surface area contributed by atoms with Gasteiger partial charge in [-0.05, 0) is 79.4 Å². The van der Waals surface area contributed by atoms with E-state index < -0.39 is 0 Å². The molecule has 98 valence electrons. The maximum atomic E-state index is 2.44. The average molecular weight is 234 g/mol. The molecule has 0 nitrogen and oxygen atoms in total. The molecule has 0 aromatic rings. The van der Waals surface area contributed by atoms with Crippen LogP contribution >= 0.6 is 0 Å². The quantitative estimate of drug-likeness (QED) is 0.631. The van der Waals surface area contributed by atoms with Crippen molar-refractivity contribution in [3.8, 4) is 0 Å². The van der Waals surface area contributed by atoms with Crippen LogP contribution in [0.4, 0.5) is 0 Å². The highest BCUT2D eigenvalue weighted by Crippen LogP contribution is 2.60. The second-order valence-corrected chi connectivity index (χ2v) is 8.03. The van der Waals surface area contributed by atoms with E-state index in [9.17, 15) is 0 Å². The zero-order valence-electron chi connectivity index (χ0n) is 12.2. The number of rotatable bonds is 2. The highest BCUT2D eigenvalue weighted by molar-refractivity contribution is 5.01. The van der Waals surface area contributed by atoms with Gasteiger partial charge in [-0.3, -0.25) is 0 Å². The number of hydrogen-bond acceptors (Lipinski definition) is 0. The Bertz CT molecular complexity index is 250. The Kier molecular flexibility index (Phi) is 3.04. The Balaban J connectivity index is 1.66. The van der Waals surface area contributed by atoms with E-state index in [-0.39, 0.29) is 0 Å². The van der Waals surface area contributed by atoms with Crippen molar-refractivity contribution in [3.05, 3.63) is 0 Å². The lowest BCUT2D eigenvalue weighted by atomic mass is 9.85. The predicted octanol–water partition coefficient (Wildman–Crippen LogP) is 4.99. The molecule has 0 bridgehead atoms. The van der Waals surface area contributed by atoms with Gasteiger partial charge < -0.3 is 0 Å². The van der Waals surface area contributed by atoms with E-state index in [1.54, 1.807) is 32.1 Å². The van der Waals surface area contributed by atoms with Crippen LogP contribution < -0.4 is 0 Å². The fraction of sp³-hybridized carbons (Fsp3) is 1.00. The monoisotopic (exact) mass is 234 g/mol. The molecule has 0 heteroatoms. The highest BCUT2D eigenvalue weighted by Gasteiger charge is 2.52. The minimum absolute atomic E-state index is 0.932. The van der Waals surface area contributed by atoms with Crippen molar-refractivity contribution in [2.75, 3.05) is 0 Å². The molecule has 0 aliphatic heterocycles. The van der Waals surface area contributed by atoms with Gasteiger partial charge >= 0.3 is 0 Å². The average Bonchev–Trinajstić information content (AvgIpc) is 2.84. The van der Waals surface area contributed by atoms with Crippen molar-refractivity contribution < 1.29 is 0 Å². The Morgan fingerprint density at radius 3 is 1.35 bits per heavy atom. The first-order valence-electron chi connectivity index (χ1n) is 8.06. The molecule has 3 aliphatic carbocycles. The van der Waals surface area contributed by atoms with Gasteiger partial charge in [0.15, 0.2) is 0 Å². The Morgan fingerprint density at radius 2 is 1.00 bits per heavy atom. The highest BCUT2D eigenvalue weighted by atomic mass is 14.6. The van der Waals surface area contributed by atoms with Gasteiger partial charge in [0.05, 0.1) is 0 Å². The van der Waals surface area contributed by atoms with Gasteiger partial charge in [0, 0.05) is 0 Å². The minimum atomic E-state index is 0.932. The molecular formula is C17H30. The maximum Gasteiger partial charge on any atom is -0.0352 e. The van der Waals surface area contributed by atoms with E-state index in [4.69, 9.17) is 0 Å². The summed E-state index contributed by atoms with van der Waals surface area (Å²) in [5, 5.41) is 0. The fourth-order valence-corrected chi connectivity index (χ4v) is 5.47. The van der Waals surface area contributed by atoms with Gasteiger partial charge in [-0.25, -0.2) is 0 Å². The molecule has 0 saturated heterocycles. The first-order chi connectivity index (χ1) is 8.06. The fourth-order valence-electron chi connectivity index (χ4n) is 5.47. The third-order valence-electron chi connectivity index (χ3n) is 6.61. The summed E-state index contributed by atoms with van der Waals surface area (Å²) in [5.74, 6) is 8.51. The second-order valence-electron chi connectivity index (χ2n) is 8.03. The maximum absolute atomic E-state index is 2.44. The van der Waals surface area contributed by atoms with Crippen molar-refractivity contribution >= 4 is 0 Å². The van der Waals surface area contributed by atoms with Crippen LogP contribution in [0.1, 0.15) is 59.8 Å². The Labute approximate surface area is 108 Å². The summed E-state index contributed by atoms with van der Waals surface area (Å²) in [7, 11) is 0. The molecule has 0 spiro atoms. The van der Waals surface area contributed by atoms with Crippen LogP contribution in [-0.4, -0.2) is 0 Å². The van der Waals surface area contributed by atoms with Crippen molar-refractivity contribution in [2.24, 2.45) is 47.3 Å².